The van der Waals surface area contributed by atoms with Gasteiger partial charge in [-0.05, 0) is 114 Å². The summed E-state index contributed by atoms with van der Waals surface area (Å²) in [5.41, 5.74) is 4.69. The lowest BCUT2D eigenvalue weighted by molar-refractivity contribution is -0.169. The first-order chi connectivity index (χ1) is 22.1. The van der Waals surface area contributed by atoms with E-state index in [9.17, 15) is 9.90 Å². The molecule has 3 saturated carbocycles. The van der Waals surface area contributed by atoms with Crippen molar-refractivity contribution < 1.29 is 19.4 Å². The minimum Gasteiger partial charge on any atom is -0.461 e. The molecule has 8 atom stereocenters. The zero-order valence-corrected chi connectivity index (χ0v) is 31.1. The number of aliphatic hydroxyl groups is 1. The van der Waals surface area contributed by atoms with E-state index in [4.69, 9.17) is 14.6 Å². The largest absolute Gasteiger partial charge is 0.461 e. The highest BCUT2D eigenvalue weighted by Gasteiger charge is 2.63. The predicted octanol–water partition coefficient (Wildman–Crippen LogP) is 9.25. The molecule has 1 aromatic heterocycles. The molecule has 46 heavy (non-hydrogen) atoms. The van der Waals surface area contributed by atoms with Crippen LogP contribution in [0.1, 0.15) is 112 Å². The van der Waals surface area contributed by atoms with E-state index in [0.717, 1.165) is 48.6 Å². The van der Waals surface area contributed by atoms with Crippen LogP contribution in [0.5, 0.6) is 0 Å². The van der Waals surface area contributed by atoms with Crippen molar-refractivity contribution >= 4 is 34.3 Å². The number of rotatable bonds is 3. The number of terminal acetylenes is 1. The van der Waals surface area contributed by atoms with E-state index < -0.39 is 6.10 Å². The number of halogens is 1. The van der Waals surface area contributed by atoms with Crippen LogP contribution >= 0.6 is 15.9 Å². The second kappa shape index (κ2) is 17.5. The van der Waals surface area contributed by atoms with Crippen LogP contribution in [0.4, 0.5) is 0 Å². The van der Waals surface area contributed by atoms with Crippen molar-refractivity contribution in [3.05, 3.63) is 51.8 Å². The molecule has 4 aliphatic carbocycles. The summed E-state index contributed by atoms with van der Waals surface area (Å²) >= 11 is 3.71. The third-order valence-electron chi connectivity index (χ3n) is 10.5. The molecule has 0 amide bonds. The van der Waals surface area contributed by atoms with Gasteiger partial charge < -0.3 is 14.6 Å². The van der Waals surface area contributed by atoms with Gasteiger partial charge in [-0.15, -0.1) is 12.8 Å². The van der Waals surface area contributed by atoms with Gasteiger partial charge in [0.2, 0.25) is 0 Å². The molecule has 7 unspecified atom stereocenters. The fraction of sp³-hybridized carbons (Fsp3) is 0.615. The van der Waals surface area contributed by atoms with Crippen molar-refractivity contribution in [2.24, 2.45) is 34.5 Å². The fourth-order valence-electron chi connectivity index (χ4n) is 9.01. The van der Waals surface area contributed by atoms with Gasteiger partial charge in [-0.25, -0.2) is 4.68 Å². The average molecular weight is 698 g/mol. The Balaban J connectivity index is 0.000000749. The molecule has 1 aromatic carbocycles. The number of carbonyl (C=O) groups is 2. The van der Waals surface area contributed by atoms with Crippen LogP contribution in [0.15, 0.2) is 40.5 Å². The highest BCUT2D eigenvalue weighted by atomic mass is 79.9. The second-order valence-electron chi connectivity index (χ2n) is 12.9. The van der Waals surface area contributed by atoms with Crippen molar-refractivity contribution in [3.63, 3.8) is 0 Å². The number of aromatic nitrogens is 2. The van der Waals surface area contributed by atoms with Crippen LogP contribution in [0, 0.1) is 47.3 Å². The molecule has 1 heterocycles. The smallest absolute Gasteiger partial charge is 0.305 e. The van der Waals surface area contributed by atoms with Gasteiger partial charge in [-0.2, -0.15) is 5.10 Å². The van der Waals surface area contributed by atoms with Gasteiger partial charge in [0, 0.05) is 16.3 Å². The second-order valence-corrected chi connectivity index (χ2v) is 13.7. The lowest BCUT2D eigenvalue weighted by Gasteiger charge is -2.55. The number of carbonyl (C=O) groups excluding carboxylic acids is 2. The molecule has 4 aliphatic rings. The van der Waals surface area contributed by atoms with Gasteiger partial charge in [-0.3, -0.25) is 4.79 Å². The summed E-state index contributed by atoms with van der Waals surface area (Å²) in [6.07, 6.45) is 19.1. The molecule has 6 nitrogen and oxygen atoms in total. The number of ether oxygens (including phenoxy) is 1. The van der Waals surface area contributed by atoms with Crippen LogP contribution in [-0.2, 0) is 20.7 Å². The summed E-state index contributed by atoms with van der Waals surface area (Å²) in [6, 6.07) is 8.23. The Morgan fingerprint density at radius 2 is 1.83 bits per heavy atom. The van der Waals surface area contributed by atoms with E-state index in [-0.39, 0.29) is 28.8 Å². The molecule has 0 spiro atoms. The molecular weight excluding hydrogens is 640 g/mol. The molecular formula is C39H57BrN2O4. The summed E-state index contributed by atoms with van der Waals surface area (Å²) in [6.45, 7) is 18.2. The number of fused-ring (bicyclic) bond motifs is 6. The fourth-order valence-corrected chi connectivity index (χ4v) is 9.46. The predicted molar refractivity (Wildman–Crippen MR) is 192 cm³/mol. The van der Waals surface area contributed by atoms with E-state index in [1.165, 1.54) is 23.8 Å². The van der Waals surface area contributed by atoms with Crippen molar-refractivity contribution in [1.29, 1.82) is 0 Å². The first kappa shape index (κ1) is 39.5. The number of hydrogen-bond donors (Lipinski definition) is 1. The number of hydrogen-bond acceptors (Lipinski definition) is 5. The van der Waals surface area contributed by atoms with Gasteiger partial charge in [0.1, 0.15) is 12.4 Å². The minimum absolute atomic E-state index is 0.0991. The highest BCUT2D eigenvalue weighted by Crippen LogP contribution is 2.65. The third-order valence-corrected chi connectivity index (χ3v) is 11.2. The van der Waals surface area contributed by atoms with Crippen LogP contribution in [-0.4, -0.2) is 39.4 Å². The molecule has 0 aliphatic heterocycles. The van der Waals surface area contributed by atoms with Crippen molar-refractivity contribution in [3.8, 4) is 18.5 Å². The Labute approximate surface area is 286 Å². The molecule has 0 bridgehead atoms. The third kappa shape index (κ3) is 7.39. The number of allylic oxidation sites excluding steroid dienone is 1. The van der Waals surface area contributed by atoms with Crippen molar-refractivity contribution in [1.82, 2.24) is 9.78 Å². The van der Waals surface area contributed by atoms with E-state index in [1.807, 2.05) is 52.9 Å². The molecule has 3 fully saturated rings. The summed E-state index contributed by atoms with van der Waals surface area (Å²) in [5, 5.41) is 16.7. The Morgan fingerprint density at radius 3 is 2.43 bits per heavy atom. The van der Waals surface area contributed by atoms with Gasteiger partial charge in [0.05, 0.1) is 23.7 Å². The highest BCUT2D eigenvalue weighted by molar-refractivity contribution is 9.10. The van der Waals surface area contributed by atoms with Gasteiger partial charge in [0.15, 0.2) is 0 Å². The molecule has 2 aromatic rings. The zero-order valence-electron chi connectivity index (χ0n) is 29.6. The van der Waals surface area contributed by atoms with Crippen LogP contribution in [0.3, 0.4) is 0 Å². The first-order valence-corrected chi connectivity index (χ1v) is 18.0. The lowest BCUT2D eigenvalue weighted by Crippen LogP contribution is -2.55. The molecule has 0 radical (unpaired) electrons. The van der Waals surface area contributed by atoms with Gasteiger partial charge in [0.25, 0.3) is 0 Å². The van der Waals surface area contributed by atoms with Gasteiger partial charge >= 0.3 is 5.97 Å². The Kier molecular flexibility index (Phi) is 15.0. The first-order valence-electron chi connectivity index (χ1n) is 17.2. The standard InChI is InChI=1S/C31H39BrN2O3.C2H4O.2C2H6.C2H2/c1-5-27(36)37-29-18(2)13-22-21-10-8-9-20-14-25-19(17-33-34(25)24-12-7-6-11-23(24)32)15-30(20,3)28(21)26(35)16-31(22,29)4;1-2-3;3*1-2/h6-7,11-12,14,17-18,21-22,26,28-29,35H,5,8-10,13,15-16H2,1-4H3;2H,1H3;2*1-2H3;1-2H/t18?,21?,22?,26?,28?,29-,30?,31?;;;;/m1..../s1. The number of aliphatic hydroxyl groups excluding tert-OH is 1. The normalized spacial score (nSPS) is 31.5. The number of para-hydroxylation sites is 1. The maximum Gasteiger partial charge on any atom is 0.305 e. The topological polar surface area (TPSA) is 81.4 Å². The number of nitrogens with zero attached hydrogens (tertiary/aromatic N) is 2. The minimum atomic E-state index is -0.411. The van der Waals surface area contributed by atoms with Crippen LogP contribution in [0.25, 0.3) is 11.8 Å². The maximum absolute atomic E-state index is 12.3. The van der Waals surface area contributed by atoms with Crippen LogP contribution in [0.2, 0.25) is 0 Å². The van der Waals surface area contributed by atoms with E-state index in [2.05, 4.69) is 72.4 Å². The quantitative estimate of drug-likeness (QED) is 0.197. The van der Waals surface area contributed by atoms with E-state index in [1.54, 1.807) is 0 Å². The van der Waals surface area contributed by atoms with Crippen molar-refractivity contribution in [2.45, 2.75) is 119 Å². The Morgan fingerprint density at radius 1 is 1.20 bits per heavy atom. The number of esters is 1. The number of benzene rings is 1. The van der Waals surface area contributed by atoms with Crippen molar-refractivity contribution in [2.75, 3.05) is 0 Å². The molecule has 7 heteroatoms. The zero-order chi connectivity index (χ0) is 34.8. The van der Waals surface area contributed by atoms with Crippen LogP contribution < -0.4 is 0 Å². The maximum atomic E-state index is 12.3. The summed E-state index contributed by atoms with van der Waals surface area (Å²) in [7, 11) is 0. The molecule has 254 valence electrons. The Bertz CT molecular complexity index is 1350. The van der Waals surface area contributed by atoms with Gasteiger partial charge in [-0.1, -0.05) is 73.1 Å². The monoisotopic (exact) mass is 696 g/mol. The Hall–Kier alpha value is -2.69. The number of aldehydes is 1. The lowest BCUT2D eigenvalue weighted by atomic mass is 9.50. The van der Waals surface area contributed by atoms with E-state index >= 15 is 0 Å². The molecule has 0 saturated heterocycles. The summed E-state index contributed by atoms with van der Waals surface area (Å²) in [5.74, 6) is 1.30. The molecule has 1 N–H and O–H groups in total. The SMILES string of the molecule is C#C.CC.CC.CC=O.CCC(=O)O[C@@H]1C(C)CC2C3CCCC4=Cc5c(cnn5-c5ccccc5Br)CC4(C)C3C(O)CC21C. The molecule has 6 rings (SSSR count). The summed E-state index contributed by atoms with van der Waals surface area (Å²) < 4.78 is 9.16. The summed E-state index contributed by atoms with van der Waals surface area (Å²) in [4.78, 5) is 21.1. The van der Waals surface area contributed by atoms with E-state index in [0.29, 0.717) is 30.6 Å². The average Bonchev–Trinajstić information content (AvgIpc) is 3.51.